The fourth-order valence-electron chi connectivity index (χ4n) is 3.63. The summed E-state index contributed by atoms with van der Waals surface area (Å²) < 4.78 is 8.11. The molecule has 170 valence electrons. The van der Waals surface area contributed by atoms with Crippen LogP contribution in [0.3, 0.4) is 0 Å². The van der Waals surface area contributed by atoms with Crippen molar-refractivity contribution in [1.29, 1.82) is 0 Å². The molecule has 31 heavy (non-hydrogen) atoms. The summed E-state index contributed by atoms with van der Waals surface area (Å²) in [6.45, 7) is 10.4. The van der Waals surface area contributed by atoms with E-state index in [1.54, 1.807) is 11.7 Å². The van der Waals surface area contributed by atoms with E-state index in [-0.39, 0.29) is 16.7 Å². The third kappa shape index (κ3) is 4.82. The Morgan fingerprint density at radius 1 is 1.29 bits per heavy atom. The average Bonchev–Trinajstić information content (AvgIpc) is 3.22. The van der Waals surface area contributed by atoms with Crippen molar-refractivity contribution >= 4 is 33.6 Å². The molecule has 0 unspecified atom stereocenters. The number of ether oxygens (including phenoxy) is 1. The van der Waals surface area contributed by atoms with E-state index in [0.717, 1.165) is 10.4 Å². The largest absolute Gasteiger partial charge is 0.463 e. The number of aromatic nitrogens is 2. The van der Waals surface area contributed by atoms with Gasteiger partial charge in [0.1, 0.15) is 4.83 Å². The van der Waals surface area contributed by atoms with E-state index in [1.807, 2.05) is 32.6 Å². The van der Waals surface area contributed by atoms with Crippen molar-refractivity contribution in [1.82, 2.24) is 19.4 Å². The monoisotopic (exact) mass is 451 g/mol. The van der Waals surface area contributed by atoms with E-state index in [4.69, 9.17) is 9.84 Å². The molecule has 10 nitrogen and oxygen atoms in total. The van der Waals surface area contributed by atoms with Crippen LogP contribution in [0.15, 0.2) is 14.6 Å². The third-order valence-electron chi connectivity index (χ3n) is 5.04. The van der Waals surface area contributed by atoms with E-state index in [9.17, 15) is 14.4 Å². The highest BCUT2D eigenvalue weighted by molar-refractivity contribution is 7.18. The molecule has 2 aromatic rings. The molecule has 3 rings (SSSR count). The van der Waals surface area contributed by atoms with Crippen LogP contribution in [0.1, 0.15) is 31.2 Å². The maximum Gasteiger partial charge on any atom is 0.434 e. The van der Waals surface area contributed by atoms with Gasteiger partial charge in [0.15, 0.2) is 0 Å². The average molecular weight is 452 g/mol. The van der Waals surface area contributed by atoms with Gasteiger partial charge in [-0.15, -0.1) is 16.3 Å². The summed E-state index contributed by atoms with van der Waals surface area (Å²) in [5.74, 6) is 0.297. The Morgan fingerprint density at radius 3 is 2.61 bits per heavy atom. The van der Waals surface area contributed by atoms with E-state index in [0.29, 0.717) is 55.5 Å². The molecule has 0 radical (unpaired) electrons. The van der Waals surface area contributed by atoms with Crippen molar-refractivity contribution < 1.29 is 14.6 Å². The summed E-state index contributed by atoms with van der Waals surface area (Å²) in [5.41, 5.74) is -0.0671. The highest BCUT2D eigenvalue weighted by atomic mass is 32.1. The standard InChI is InChI=1S/C20H29N5O5S/c1-12-13(10-23-7-6-21-17(23)22-18(27)28)31-16-14(12)15(26)25(11-20(2,3)4)19(29)24(16)8-9-30-5/h6-11H2,1-5H3,(H,21,22)(H,27,28). The highest BCUT2D eigenvalue weighted by Gasteiger charge is 2.25. The van der Waals surface area contributed by atoms with Gasteiger partial charge in [0.25, 0.3) is 5.56 Å². The molecular weight excluding hydrogens is 422 g/mol. The predicted octanol–water partition coefficient (Wildman–Crippen LogP) is 1.66. The Labute approximate surface area is 183 Å². The number of hydrogen-bond acceptors (Lipinski definition) is 5. The molecule has 0 saturated carbocycles. The molecule has 0 aromatic carbocycles. The Hall–Kier alpha value is -2.66. The van der Waals surface area contributed by atoms with Crippen molar-refractivity contribution in [3.05, 3.63) is 31.3 Å². The summed E-state index contributed by atoms with van der Waals surface area (Å²) >= 11 is 1.39. The third-order valence-corrected chi connectivity index (χ3v) is 6.34. The summed E-state index contributed by atoms with van der Waals surface area (Å²) in [6, 6.07) is 0. The van der Waals surface area contributed by atoms with Gasteiger partial charge in [0, 0.05) is 31.6 Å². The number of nitrogens with zero attached hydrogens (tertiary/aromatic N) is 4. The number of aliphatic imine (C=N–C) groups is 1. The molecule has 3 heterocycles. The van der Waals surface area contributed by atoms with Crippen LogP contribution in [0, 0.1) is 12.3 Å². The van der Waals surface area contributed by atoms with Crippen LogP contribution in [0.4, 0.5) is 4.79 Å². The molecule has 2 N–H and O–H groups in total. The van der Waals surface area contributed by atoms with E-state index >= 15 is 0 Å². The number of methoxy groups -OCH3 is 1. The van der Waals surface area contributed by atoms with Gasteiger partial charge in [-0.25, -0.2) is 9.59 Å². The molecule has 1 saturated heterocycles. The number of thiophene rings is 1. The maximum atomic E-state index is 13.3. The molecule has 11 heteroatoms. The minimum Gasteiger partial charge on any atom is -0.463 e. The van der Waals surface area contributed by atoms with Gasteiger partial charge < -0.3 is 20.1 Å². The summed E-state index contributed by atoms with van der Waals surface area (Å²) in [6.07, 6.45) is -1.26. The number of fused-ring (bicyclic) bond motifs is 1. The van der Waals surface area contributed by atoms with E-state index < -0.39 is 6.09 Å². The van der Waals surface area contributed by atoms with Crippen molar-refractivity contribution in [2.24, 2.45) is 10.4 Å². The Balaban J connectivity index is 2.15. The molecule has 1 aliphatic heterocycles. The lowest BCUT2D eigenvalue weighted by molar-refractivity contribution is 0.186. The Bertz CT molecular complexity index is 1140. The molecule has 1 aliphatic rings. The molecular formula is C20H29N5O5S. The normalized spacial score (nSPS) is 15.8. The van der Waals surface area contributed by atoms with Crippen molar-refractivity contribution in [2.75, 3.05) is 26.8 Å². The van der Waals surface area contributed by atoms with Gasteiger partial charge >= 0.3 is 11.8 Å². The first-order valence-electron chi connectivity index (χ1n) is 10.1. The number of rotatable bonds is 6. The first-order valence-corrected chi connectivity index (χ1v) is 10.9. The molecule has 2 aromatic heterocycles. The minimum absolute atomic E-state index is 0.244. The zero-order chi connectivity index (χ0) is 22.9. The lowest BCUT2D eigenvalue weighted by Gasteiger charge is -2.20. The topological polar surface area (TPSA) is 118 Å². The lowest BCUT2D eigenvalue weighted by Crippen LogP contribution is -2.42. The van der Waals surface area contributed by atoms with Crippen LogP contribution in [0.2, 0.25) is 0 Å². The lowest BCUT2D eigenvalue weighted by atomic mass is 9.97. The van der Waals surface area contributed by atoms with E-state index in [2.05, 4.69) is 10.3 Å². The number of hydrogen-bond donors (Lipinski definition) is 2. The van der Waals surface area contributed by atoms with Crippen molar-refractivity contribution in [3.8, 4) is 0 Å². The van der Waals surface area contributed by atoms with Gasteiger partial charge in [0.2, 0.25) is 5.96 Å². The number of amides is 1. The fraction of sp³-hybridized carbons (Fsp3) is 0.600. The van der Waals surface area contributed by atoms with Gasteiger partial charge in [-0.3, -0.25) is 13.9 Å². The smallest absolute Gasteiger partial charge is 0.434 e. The quantitative estimate of drug-likeness (QED) is 0.686. The first-order chi connectivity index (χ1) is 14.5. The van der Waals surface area contributed by atoms with Crippen LogP contribution < -0.4 is 16.6 Å². The second-order valence-electron chi connectivity index (χ2n) is 8.78. The molecule has 1 amide bonds. The number of guanidine groups is 1. The molecule has 0 bridgehead atoms. The predicted molar refractivity (Wildman–Crippen MR) is 120 cm³/mol. The summed E-state index contributed by atoms with van der Waals surface area (Å²) in [7, 11) is 1.57. The van der Waals surface area contributed by atoms with Gasteiger partial charge in [0.05, 0.1) is 25.1 Å². The number of carboxylic acid groups (broad SMARTS) is 1. The zero-order valence-corrected chi connectivity index (χ0v) is 19.3. The molecule has 0 atom stereocenters. The second-order valence-corrected chi connectivity index (χ2v) is 9.86. The maximum absolute atomic E-state index is 13.3. The number of nitrogens with one attached hydrogen (secondary N) is 1. The Kier molecular flexibility index (Phi) is 6.56. The van der Waals surface area contributed by atoms with Crippen LogP contribution >= 0.6 is 11.3 Å². The molecule has 0 spiro atoms. The summed E-state index contributed by atoms with van der Waals surface area (Å²) in [4.78, 5) is 44.5. The second kappa shape index (κ2) is 8.83. The van der Waals surface area contributed by atoms with Crippen LogP contribution in [-0.2, 0) is 24.4 Å². The van der Waals surface area contributed by atoms with Gasteiger partial charge in [-0.2, -0.15) is 0 Å². The SMILES string of the molecule is COCCn1c(=O)n(CC(C)(C)C)c(=O)c2c(C)c(CN3CCN/C3=N\C(=O)O)sc21. The van der Waals surface area contributed by atoms with Crippen LogP contribution in [-0.4, -0.2) is 58.0 Å². The van der Waals surface area contributed by atoms with Crippen molar-refractivity contribution in [2.45, 2.75) is 47.3 Å². The summed E-state index contributed by atoms with van der Waals surface area (Å²) in [5, 5.41) is 12.5. The molecule has 1 fully saturated rings. The Morgan fingerprint density at radius 2 is 2.00 bits per heavy atom. The highest BCUT2D eigenvalue weighted by Crippen LogP contribution is 2.29. The van der Waals surface area contributed by atoms with Crippen molar-refractivity contribution in [3.63, 3.8) is 0 Å². The first kappa shape index (κ1) is 23.0. The fourth-order valence-corrected chi connectivity index (χ4v) is 4.96. The van der Waals surface area contributed by atoms with Crippen LogP contribution in [0.5, 0.6) is 0 Å². The zero-order valence-electron chi connectivity index (χ0n) is 18.5. The van der Waals surface area contributed by atoms with E-state index in [1.165, 1.54) is 15.9 Å². The van der Waals surface area contributed by atoms with Gasteiger partial charge in [-0.05, 0) is 17.9 Å². The number of carbonyl (C=O) groups is 1. The van der Waals surface area contributed by atoms with Gasteiger partial charge in [-0.1, -0.05) is 20.8 Å². The minimum atomic E-state index is -1.26. The van der Waals surface area contributed by atoms with Crippen LogP contribution in [0.25, 0.3) is 10.2 Å². The number of aryl methyl sites for hydroxylation is 1. The molecule has 0 aliphatic carbocycles.